The number of hydrogen-bond donors (Lipinski definition) is 3. The Balaban J connectivity index is 2.44. The van der Waals surface area contributed by atoms with E-state index in [0.717, 1.165) is 0 Å². The summed E-state index contributed by atoms with van der Waals surface area (Å²) in [5.74, 6) is -0.942. The highest BCUT2D eigenvalue weighted by molar-refractivity contribution is 9.10. The number of nitrogens with zero attached hydrogens (tertiary/aromatic N) is 1. The first-order chi connectivity index (χ1) is 8.99. The number of halogens is 2. The fourth-order valence-corrected chi connectivity index (χ4v) is 2.03. The maximum absolute atomic E-state index is 11.2. The monoisotopic (exact) mass is 341 g/mol. The van der Waals surface area contributed by atoms with Gasteiger partial charge in [-0.2, -0.15) is 0 Å². The van der Waals surface area contributed by atoms with Gasteiger partial charge in [0.05, 0.1) is 32.6 Å². The highest BCUT2D eigenvalue weighted by atomic mass is 79.9. The number of carboxylic acid groups (broad SMARTS) is 1. The van der Waals surface area contributed by atoms with E-state index in [1.165, 1.54) is 12.3 Å². The van der Waals surface area contributed by atoms with Gasteiger partial charge in [-0.3, -0.25) is 0 Å². The molecule has 0 radical (unpaired) electrons. The Kier molecular flexibility index (Phi) is 3.92. The molecule has 0 unspecified atom stereocenters. The Hall–Kier alpha value is -1.79. The van der Waals surface area contributed by atoms with Gasteiger partial charge in [0, 0.05) is 0 Å². The predicted octanol–water partition coefficient (Wildman–Crippen LogP) is 3.52. The van der Waals surface area contributed by atoms with Gasteiger partial charge in [0.25, 0.3) is 0 Å². The van der Waals surface area contributed by atoms with E-state index >= 15 is 0 Å². The van der Waals surface area contributed by atoms with Crippen LogP contribution < -0.4 is 11.1 Å². The zero-order chi connectivity index (χ0) is 14.0. The maximum atomic E-state index is 11.2. The number of rotatable bonds is 3. The van der Waals surface area contributed by atoms with Gasteiger partial charge >= 0.3 is 5.97 Å². The van der Waals surface area contributed by atoms with Crippen molar-refractivity contribution in [2.24, 2.45) is 0 Å². The molecule has 0 atom stereocenters. The molecule has 0 spiro atoms. The lowest BCUT2D eigenvalue weighted by Gasteiger charge is -2.11. The Morgan fingerprint density at radius 2 is 2.16 bits per heavy atom. The van der Waals surface area contributed by atoms with Crippen LogP contribution in [-0.2, 0) is 0 Å². The summed E-state index contributed by atoms with van der Waals surface area (Å²) < 4.78 is 0.643. The van der Waals surface area contributed by atoms with Gasteiger partial charge in [0.1, 0.15) is 5.82 Å². The van der Waals surface area contributed by atoms with E-state index in [1.54, 1.807) is 18.2 Å². The van der Waals surface area contributed by atoms with Gasteiger partial charge in [-0.25, -0.2) is 9.78 Å². The van der Waals surface area contributed by atoms with Crippen LogP contribution in [0.4, 0.5) is 17.2 Å². The lowest BCUT2D eigenvalue weighted by atomic mass is 10.2. The summed E-state index contributed by atoms with van der Waals surface area (Å²) in [6, 6.07) is 6.53. The van der Waals surface area contributed by atoms with Crippen LogP contribution in [0.3, 0.4) is 0 Å². The summed E-state index contributed by atoms with van der Waals surface area (Å²) in [5, 5.41) is 12.6. The van der Waals surface area contributed by atoms with Crippen LogP contribution in [0, 0.1) is 0 Å². The van der Waals surface area contributed by atoms with Crippen LogP contribution >= 0.6 is 27.5 Å². The molecular weight excluding hydrogens is 334 g/mol. The van der Waals surface area contributed by atoms with Crippen molar-refractivity contribution in [3.63, 3.8) is 0 Å². The number of carboxylic acids is 1. The Morgan fingerprint density at radius 1 is 1.42 bits per heavy atom. The molecule has 0 fully saturated rings. The molecule has 2 rings (SSSR count). The van der Waals surface area contributed by atoms with E-state index in [-0.39, 0.29) is 11.4 Å². The van der Waals surface area contributed by atoms with E-state index < -0.39 is 5.97 Å². The molecule has 0 amide bonds. The number of hydrogen-bond acceptors (Lipinski definition) is 4. The van der Waals surface area contributed by atoms with Crippen molar-refractivity contribution >= 4 is 50.7 Å². The summed E-state index contributed by atoms with van der Waals surface area (Å²) in [5.41, 5.74) is 6.50. The highest BCUT2D eigenvalue weighted by Gasteiger charge is 2.13. The maximum Gasteiger partial charge on any atom is 0.338 e. The van der Waals surface area contributed by atoms with Crippen molar-refractivity contribution in [1.29, 1.82) is 0 Å². The van der Waals surface area contributed by atoms with Crippen molar-refractivity contribution in [1.82, 2.24) is 4.98 Å². The summed E-state index contributed by atoms with van der Waals surface area (Å²) >= 11 is 9.30. The third kappa shape index (κ3) is 2.97. The summed E-state index contributed by atoms with van der Waals surface area (Å²) in [6.45, 7) is 0. The quantitative estimate of drug-likeness (QED) is 0.794. The van der Waals surface area contributed by atoms with Crippen molar-refractivity contribution in [2.75, 3.05) is 11.1 Å². The fraction of sp³-hybridized carbons (Fsp3) is 0. The fourth-order valence-electron chi connectivity index (χ4n) is 1.49. The first kappa shape index (κ1) is 13.6. The molecule has 4 N–H and O–H groups in total. The van der Waals surface area contributed by atoms with Crippen LogP contribution in [-0.4, -0.2) is 16.1 Å². The molecule has 7 heteroatoms. The molecule has 19 heavy (non-hydrogen) atoms. The molecule has 2 aromatic rings. The molecule has 1 aromatic heterocycles. The van der Waals surface area contributed by atoms with Crippen LogP contribution in [0.15, 0.2) is 34.9 Å². The number of aromatic carboxylic acids is 1. The highest BCUT2D eigenvalue weighted by Crippen LogP contribution is 2.33. The molecule has 1 heterocycles. The minimum Gasteiger partial charge on any atom is -0.478 e. The average molecular weight is 343 g/mol. The van der Waals surface area contributed by atoms with Gasteiger partial charge in [-0.05, 0) is 34.1 Å². The smallest absolute Gasteiger partial charge is 0.338 e. The predicted molar refractivity (Wildman–Crippen MR) is 78.0 cm³/mol. The SMILES string of the molecule is Nc1cc(C(=O)O)c(Nc2cccc(Cl)c2Br)cn1. The van der Waals surface area contributed by atoms with Gasteiger partial charge in [-0.1, -0.05) is 17.7 Å². The number of anilines is 3. The largest absolute Gasteiger partial charge is 0.478 e. The summed E-state index contributed by atoms with van der Waals surface area (Å²) in [6.07, 6.45) is 1.37. The average Bonchev–Trinajstić information content (AvgIpc) is 2.36. The first-order valence-corrected chi connectivity index (χ1v) is 6.36. The Morgan fingerprint density at radius 3 is 2.84 bits per heavy atom. The van der Waals surface area contributed by atoms with E-state index in [2.05, 4.69) is 26.2 Å². The molecule has 0 aliphatic rings. The second kappa shape index (κ2) is 5.46. The van der Waals surface area contributed by atoms with Gasteiger partial charge < -0.3 is 16.2 Å². The number of carbonyl (C=O) groups is 1. The van der Waals surface area contributed by atoms with Gasteiger partial charge in [-0.15, -0.1) is 0 Å². The zero-order valence-corrected chi connectivity index (χ0v) is 11.9. The second-order valence-electron chi connectivity index (χ2n) is 3.69. The van der Waals surface area contributed by atoms with E-state index in [4.69, 9.17) is 22.4 Å². The minimum absolute atomic E-state index is 0.0411. The second-order valence-corrected chi connectivity index (χ2v) is 4.89. The van der Waals surface area contributed by atoms with Crippen LogP contribution in [0.1, 0.15) is 10.4 Å². The Bertz CT molecular complexity index is 649. The zero-order valence-electron chi connectivity index (χ0n) is 9.52. The number of aromatic nitrogens is 1. The van der Waals surface area contributed by atoms with Crippen molar-refractivity contribution in [3.05, 3.63) is 45.5 Å². The lowest BCUT2D eigenvalue weighted by molar-refractivity contribution is 0.0698. The van der Waals surface area contributed by atoms with E-state index in [1.807, 2.05) is 0 Å². The number of benzene rings is 1. The molecule has 0 aliphatic heterocycles. The number of nitrogens with two attached hydrogens (primary N) is 1. The van der Waals surface area contributed by atoms with E-state index in [9.17, 15) is 4.79 Å². The molecule has 1 aromatic carbocycles. The molecular formula is C12H9BrClN3O2. The molecule has 5 nitrogen and oxygen atoms in total. The van der Waals surface area contributed by atoms with Crippen LogP contribution in [0.2, 0.25) is 5.02 Å². The molecule has 0 bridgehead atoms. The molecule has 0 saturated carbocycles. The van der Waals surface area contributed by atoms with E-state index in [0.29, 0.717) is 20.9 Å². The van der Waals surface area contributed by atoms with Gasteiger partial charge in [0.15, 0.2) is 0 Å². The first-order valence-electron chi connectivity index (χ1n) is 5.19. The molecule has 98 valence electrons. The number of pyridine rings is 1. The van der Waals surface area contributed by atoms with Crippen molar-refractivity contribution < 1.29 is 9.90 Å². The minimum atomic E-state index is -1.09. The van der Waals surface area contributed by atoms with Crippen LogP contribution in [0.25, 0.3) is 0 Å². The summed E-state index contributed by atoms with van der Waals surface area (Å²) in [4.78, 5) is 15.0. The van der Waals surface area contributed by atoms with Crippen LogP contribution in [0.5, 0.6) is 0 Å². The molecule has 0 aliphatic carbocycles. The summed E-state index contributed by atoms with van der Waals surface area (Å²) in [7, 11) is 0. The normalized spacial score (nSPS) is 10.2. The number of nitrogen functional groups attached to an aromatic ring is 1. The molecule has 0 saturated heterocycles. The third-order valence-corrected chi connectivity index (χ3v) is 3.77. The number of nitrogens with one attached hydrogen (secondary N) is 1. The standard InChI is InChI=1S/C12H9BrClN3O2/c13-11-7(14)2-1-3-8(11)17-9-5-16-10(15)4-6(9)12(18)19/h1-5,17H,(H2,15,16)(H,18,19). The lowest BCUT2D eigenvalue weighted by Crippen LogP contribution is -2.05. The topological polar surface area (TPSA) is 88.2 Å². The Labute approximate surface area is 122 Å². The third-order valence-electron chi connectivity index (χ3n) is 2.38. The van der Waals surface area contributed by atoms with Crippen molar-refractivity contribution in [2.45, 2.75) is 0 Å². The van der Waals surface area contributed by atoms with Crippen molar-refractivity contribution in [3.8, 4) is 0 Å². The van der Waals surface area contributed by atoms with Gasteiger partial charge in [0.2, 0.25) is 0 Å².